The lowest BCUT2D eigenvalue weighted by Crippen LogP contribution is -2.09. The Kier molecular flexibility index (Phi) is 4.54. The highest BCUT2D eigenvalue weighted by atomic mass is 35.5. The second kappa shape index (κ2) is 6.39. The first kappa shape index (κ1) is 14.9. The first-order valence-corrected chi connectivity index (χ1v) is 8.11. The van der Waals surface area contributed by atoms with E-state index < -0.39 is 6.10 Å². The SMILES string of the molecule is OC(Cc1c(Cl)cccc1Cl)c1ccc(C2CCC2)cc1. The second-order valence-corrected chi connectivity index (χ2v) is 6.53. The quantitative estimate of drug-likeness (QED) is 0.784. The molecule has 3 heteroatoms. The molecule has 110 valence electrons. The van der Waals surface area contributed by atoms with E-state index in [0.717, 1.165) is 11.1 Å². The van der Waals surface area contributed by atoms with Gasteiger partial charge in [0.1, 0.15) is 0 Å². The lowest BCUT2D eigenvalue weighted by molar-refractivity contribution is 0.178. The molecule has 0 bridgehead atoms. The monoisotopic (exact) mass is 320 g/mol. The van der Waals surface area contributed by atoms with Crippen LogP contribution in [0.4, 0.5) is 0 Å². The van der Waals surface area contributed by atoms with E-state index in [2.05, 4.69) is 12.1 Å². The lowest BCUT2D eigenvalue weighted by Gasteiger charge is -2.26. The lowest BCUT2D eigenvalue weighted by atomic mass is 9.80. The Bertz CT molecular complexity index is 597. The first-order chi connectivity index (χ1) is 10.1. The molecule has 1 N–H and O–H groups in total. The van der Waals surface area contributed by atoms with Crippen LogP contribution in [-0.4, -0.2) is 5.11 Å². The van der Waals surface area contributed by atoms with Crippen molar-refractivity contribution in [3.63, 3.8) is 0 Å². The molecule has 1 nitrogen and oxygen atoms in total. The van der Waals surface area contributed by atoms with Crippen LogP contribution in [0.2, 0.25) is 10.0 Å². The summed E-state index contributed by atoms with van der Waals surface area (Å²) in [7, 11) is 0. The van der Waals surface area contributed by atoms with Gasteiger partial charge in [0.25, 0.3) is 0 Å². The first-order valence-electron chi connectivity index (χ1n) is 7.36. The van der Waals surface area contributed by atoms with Crippen molar-refractivity contribution >= 4 is 23.2 Å². The van der Waals surface area contributed by atoms with Gasteiger partial charge in [-0.2, -0.15) is 0 Å². The van der Waals surface area contributed by atoms with Crippen LogP contribution in [0.3, 0.4) is 0 Å². The van der Waals surface area contributed by atoms with Gasteiger partial charge in [0.05, 0.1) is 6.10 Å². The molecule has 0 spiro atoms. The Morgan fingerprint density at radius 1 is 1.00 bits per heavy atom. The normalized spacial score (nSPS) is 16.5. The van der Waals surface area contributed by atoms with Crippen molar-refractivity contribution in [2.24, 2.45) is 0 Å². The van der Waals surface area contributed by atoms with Gasteiger partial charge in [-0.05, 0) is 47.6 Å². The molecule has 0 aromatic heterocycles. The van der Waals surface area contributed by atoms with E-state index >= 15 is 0 Å². The third-order valence-electron chi connectivity index (χ3n) is 4.36. The molecule has 1 aliphatic rings. The summed E-state index contributed by atoms with van der Waals surface area (Å²) >= 11 is 12.3. The van der Waals surface area contributed by atoms with Crippen LogP contribution in [0.15, 0.2) is 42.5 Å². The molecular formula is C18H18Cl2O. The highest BCUT2D eigenvalue weighted by Gasteiger charge is 2.20. The van der Waals surface area contributed by atoms with Crippen LogP contribution >= 0.6 is 23.2 Å². The van der Waals surface area contributed by atoms with Gasteiger partial charge in [0, 0.05) is 16.5 Å². The van der Waals surface area contributed by atoms with E-state index in [-0.39, 0.29) is 0 Å². The summed E-state index contributed by atoms with van der Waals surface area (Å²) in [6.07, 6.45) is 3.76. The van der Waals surface area contributed by atoms with E-state index in [1.807, 2.05) is 18.2 Å². The molecule has 0 saturated heterocycles. The van der Waals surface area contributed by atoms with Gasteiger partial charge in [-0.3, -0.25) is 0 Å². The van der Waals surface area contributed by atoms with Crippen LogP contribution in [0.5, 0.6) is 0 Å². The second-order valence-electron chi connectivity index (χ2n) is 5.71. The molecule has 21 heavy (non-hydrogen) atoms. The number of aliphatic hydroxyl groups excluding tert-OH is 1. The van der Waals surface area contributed by atoms with Crippen molar-refractivity contribution in [1.82, 2.24) is 0 Å². The Balaban J connectivity index is 1.74. The maximum atomic E-state index is 10.4. The molecule has 1 aliphatic carbocycles. The Labute approximate surface area is 135 Å². The standard InChI is InChI=1S/C18H18Cl2O/c19-16-5-2-6-17(20)15(16)11-18(21)14-9-7-13(8-10-14)12-3-1-4-12/h2,5-10,12,18,21H,1,3-4,11H2. The van der Waals surface area contributed by atoms with Gasteiger partial charge in [0.15, 0.2) is 0 Å². The average Bonchev–Trinajstić information content (AvgIpc) is 2.42. The molecule has 2 aromatic rings. The van der Waals surface area contributed by atoms with Crippen LogP contribution < -0.4 is 0 Å². The number of aliphatic hydroxyl groups is 1. The predicted octanol–water partition coefficient (Wildman–Crippen LogP) is 5.54. The number of hydrogen-bond donors (Lipinski definition) is 1. The molecule has 0 aliphatic heterocycles. The molecule has 0 heterocycles. The van der Waals surface area contributed by atoms with Gasteiger partial charge in [-0.1, -0.05) is 60.0 Å². The van der Waals surface area contributed by atoms with Gasteiger partial charge in [-0.15, -0.1) is 0 Å². The minimum Gasteiger partial charge on any atom is -0.388 e. The van der Waals surface area contributed by atoms with Crippen molar-refractivity contribution in [2.75, 3.05) is 0 Å². The maximum Gasteiger partial charge on any atom is 0.0831 e. The van der Waals surface area contributed by atoms with Crippen molar-refractivity contribution in [3.05, 3.63) is 69.2 Å². The molecule has 1 atom stereocenters. The number of benzene rings is 2. The average molecular weight is 321 g/mol. The maximum absolute atomic E-state index is 10.4. The van der Waals surface area contributed by atoms with Crippen LogP contribution in [0, 0.1) is 0 Å². The zero-order valence-electron chi connectivity index (χ0n) is 11.7. The fraction of sp³-hybridized carbons (Fsp3) is 0.333. The van der Waals surface area contributed by atoms with E-state index in [1.165, 1.54) is 24.8 Å². The van der Waals surface area contributed by atoms with Gasteiger partial charge >= 0.3 is 0 Å². The fourth-order valence-electron chi connectivity index (χ4n) is 2.77. The Hall–Kier alpha value is -1.02. The molecule has 1 unspecified atom stereocenters. The summed E-state index contributed by atoms with van der Waals surface area (Å²) in [6.45, 7) is 0. The smallest absolute Gasteiger partial charge is 0.0831 e. The zero-order valence-corrected chi connectivity index (χ0v) is 13.2. The van der Waals surface area contributed by atoms with Crippen LogP contribution in [0.1, 0.15) is 48.0 Å². The largest absolute Gasteiger partial charge is 0.388 e. The summed E-state index contributed by atoms with van der Waals surface area (Å²) in [6, 6.07) is 13.7. The third-order valence-corrected chi connectivity index (χ3v) is 5.07. The Morgan fingerprint density at radius 3 is 2.14 bits per heavy atom. The summed E-state index contributed by atoms with van der Waals surface area (Å²) in [4.78, 5) is 0. The van der Waals surface area contributed by atoms with Gasteiger partial charge in [0.2, 0.25) is 0 Å². The summed E-state index contributed by atoms with van der Waals surface area (Å²) in [5, 5.41) is 11.6. The fourth-order valence-corrected chi connectivity index (χ4v) is 3.32. The zero-order chi connectivity index (χ0) is 14.8. The van der Waals surface area contributed by atoms with E-state index in [4.69, 9.17) is 23.2 Å². The molecule has 1 saturated carbocycles. The molecule has 3 rings (SSSR count). The number of halogens is 2. The van der Waals surface area contributed by atoms with Crippen molar-refractivity contribution < 1.29 is 5.11 Å². The highest BCUT2D eigenvalue weighted by molar-refractivity contribution is 6.36. The van der Waals surface area contributed by atoms with Crippen molar-refractivity contribution in [2.45, 2.75) is 37.7 Å². The predicted molar refractivity (Wildman–Crippen MR) is 88.2 cm³/mol. The minimum absolute atomic E-state index is 0.432. The number of rotatable bonds is 4. The molecule has 0 amide bonds. The minimum atomic E-state index is -0.585. The van der Waals surface area contributed by atoms with Gasteiger partial charge < -0.3 is 5.11 Å². The van der Waals surface area contributed by atoms with Crippen molar-refractivity contribution in [1.29, 1.82) is 0 Å². The molecular weight excluding hydrogens is 303 g/mol. The molecule has 2 aromatic carbocycles. The summed E-state index contributed by atoms with van der Waals surface area (Å²) in [5.74, 6) is 0.717. The molecule has 0 radical (unpaired) electrons. The van der Waals surface area contributed by atoms with E-state index in [9.17, 15) is 5.11 Å². The summed E-state index contributed by atoms with van der Waals surface area (Å²) < 4.78 is 0. The number of hydrogen-bond acceptors (Lipinski definition) is 1. The third kappa shape index (κ3) is 3.26. The van der Waals surface area contributed by atoms with Gasteiger partial charge in [-0.25, -0.2) is 0 Å². The van der Waals surface area contributed by atoms with E-state index in [0.29, 0.717) is 22.4 Å². The summed E-state index contributed by atoms with van der Waals surface area (Å²) in [5.41, 5.74) is 3.10. The molecule has 1 fully saturated rings. The highest BCUT2D eigenvalue weighted by Crippen LogP contribution is 2.37. The van der Waals surface area contributed by atoms with Crippen molar-refractivity contribution in [3.8, 4) is 0 Å². The van der Waals surface area contributed by atoms with Crippen LogP contribution in [-0.2, 0) is 6.42 Å². The Morgan fingerprint density at radius 2 is 1.62 bits per heavy atom. The topological polar surface area (TPSA) is 20.2 Å². The van der Waals surface area contributed by atoms with E-state index in [1.54, 1.807) is 12.1 Å². The van der Waals surface area contributed by atoms with Crippen LogP contribution in [0.25, 0.3) is 0 Å².